The molecule has 1 heterocycles. The molecular weight excluding hydrogens is 353 g/mol. The fourth-order valence-corrected chi connectivity index (χ4v) is 2.84. The van der Waals surface area contributed by atoms with E-state index in [9.17, 15) is 19.0 Å². The summed E-state index contributed by atoms with van der Waals surface area (Å²) < 4.78 is 20.4. The minimum atomic E-state index is -4.81. The largest absolute Gasteiger partial charge is 0.529 e. The number of para-hydroxylation sites is 1. The molecule has 136 valence electrons. The van der Waals surface area contributed by atoms with Crippen LogP contribution in [0.2, 0.25) is 0 Å². The molecule has 0 aliphatic carbocycles. The van der Waals surface area contributed by atoms with Gasteiger partial charge in [0.1, 0.15) is 12.1 Å². The number of fused-ring (bicyclic) bond motifs is 1. The van der Waals surface area contributed by atoms with Crippen LogP contribution < -0.4 is 11.5 Å². The average molecular weight is 371 g/mol. The smallest absolute Gasteiger partial charge is 0.480 e. The Hall–Kier alpha value is -2.23. The number of carboxylic acids is 1. The Balaban J connectivity index is 1.95. The van der Waals surface area contributed by atoms with Crippen molar-refractivity contribution in [3.05, 3.63) is 36.0 Å². The van der Waals surface area contributed by atoms with Crippen LogP contribution in [0.5, 0.6) is 0 Å². The second-order valence-electron chi connectivity index (χ2n) is 5.29. The summed E-state index contributed by atoms with van der Waals surface area (Å²) in [5, 5.41) is 9.43. The maximum absolute atomic E-state index is 11.9. The number of H-pyrrole nitrogens is 1. The lowest BCUT2D eigenvalue weighted by atomic mass is 10.1. The van der Waals surface area contributed by atoms with Gasteiger partial charge in [0.05, 0.1) is 6.61 Å². The number of nitrogens with one attached hydrogen (secondary N) is 1. The molecule has 1 aromatic heterocycles. The molecule has 0 saturated carbocycles. The average Bonchev–Trinajstić information content (AvgIpc) is 2.95. The molecule has 0 bridgehead atoms. The molecule has 25 heavy (non-hydrogen) atoms. The number of aromatic nitrogens is 1. The first-order chi connectivity index (χ1) is 11.7. The first kappa shape index (κ1) is 19.1. The van der Waals surface area contributed by atoms with Gasteiger partial charge in [0.2, 0.25) is 0 Å². The predicted molar refractivity (Wildman–Crippen MR) is 87.5 cm³/mol. The Kier molecular flexibility index (Phi) is 5.93. The highest BCUT2D eigenvalue weighted by atomic mass is 31.2. The third kappa shape index (κ3) is 5.12. The molecule has 11 heteroatoms. The van der Waals surface area contributed by atoms with E-state index in [4.69, 9.17) is 16.6 Å². The minimum Gasteiger partial charge on any atom is -0.480 e. The zero-order valence-corrected chi connectivity index (χ0v) is 13.9. The Morgan fingerprint density at radius 2 is 1.92 bits per heavy atom. The molecule has 3 atom stereocenters. The standard InChI is InChI=1S/C14H18N3O7P/c15-10(5-8-6-17-12-4-2-1-3-9(8)12)14(20)24-25(21,22)23-7-11(16)13(18)19/h1-4,6,10-11,17H,5,7,15-16H2,(H,18,19)(H,21,22)/t10-,11-/m0/s1. The van der Waals surface area contributed by atoms with Crippen LogP contribution in [0.4, 0.5) is 0 Å². The number of benzene rings is 1. The van der Waals surface area contributed by atoms with Crippen LogP contribution >= 0.6 is 7.82 Å². The van der Waals surface area contributed by atoms with Gasteiger partial charge in [-0.05, 0) is 11.6 Å². The molecule has 2 aromatic rings. The second-order valence-corrected chi connectivity index (χ2v) is 6.67. The van der Waals surface area contributed by atoms with E-state index in [0.29, 0.717) is 0 Å². The maximum atomic E-state index is 11.9. The summed E-state index contributed by atoms with van der Waals surface area (Å²) >= 11 is 0. The molecule has 0 aliphatic rings. The third-order valence-corrected chi connectivity index (χ3v) is 4.24. The van der Waals surface area contributed by atoms with E-state index in [1.165, 1.54) is 0 Å². The lowest BCUT2D eigenvalue weighted by Crippen LogP contribution is -2.36. The first-order valence-corrected chi connectivity index (χ1v) is 8.69. The molecule has 0 amide bonds. The molecule has 7 N–H and O–H groups in total. The summed E-state index contributed by atoms with van der Waals surface area (Å²) in [5.41, 5.74) is 12.4. The number of nitrogens with two attached hydrogens (primary N) is 2. The van der Waals surface area contributed by atoms with Crippen LogP contribution in [0.25, 0.3) is 10.9 Å². The molecule has 1 aromatic carbocycles. The van der Waals surface area contributed by atoms with E-state index in [1.54, 1.807) is 6.20 Å². The molecule has 0 saturated heterocycles. The summed E-state index contributed by atoms with van der Waals surface area (Å²) in [5.74, 6) is -2.58. The minimum absolute atomic E-state index is 0.0670. The highest BCUT2D eigenvalue weighted by molar-refractivity contribution is 7.48. The fourth-order valence-electron chi connectivity index (χ4n) is 2.07. The van der Waals surface area contributed by atoms with Gasteiger partial charge in [0, 0.05) is 23.5 Å². The maximum Gasteiger partial charge on any atom is 0.529 e. The summed E-state index contributed by atoms with van der Waals surface area (Å²) in [7, 11) is -4.81. The molecule has 0 radical (unpaired) electrons. The third-order valence-electron chi connectivity index (χ3n) is 3.36. The highest BCUT2D eigenvalue weighted by Crippen LogP contribution is 2.43. The Labute approximate surface area is 142 Å². The Morgan fingerprint density at radius 1 is 1.24 bits per heavy atom. The molecule has 1 unspecified atom stereocenters. The number of carbonyl (C=O) groups excluding carboxylic acids is 1. The van der Waals surface area contributed by atoms with Gasteiger partial charge in [-0.1, -0.05) is 18.2 Å². The number of aliphatic carboxylic acids is 1. The number of phosphoric ester groups is 1. The van der Waals surface area contributed by atoms with Crippen molar-refractivity contribution in [2.75, 3.05) is 6.61 Å². The van der Waals surface area contributed by atoms with Crippen molar-refractivity contribution in [1.29, 1.82) is 0 Å². The van der Waals surface area contributed by atoms with Crippen LogP contribution in [-0.2, 0) is 29.6 Å². The summed E-state index contributed by atoms with van der Waals surface area (Å²) in [4.78, 5) is 34.9. The quantitative estimate of drug-likeness (QED) is 0.403. The van der Waals surface area contributed by atoms with Crippen LogP contribution in [0, 0.1) is 0 Å². The van der Waals surface area contributed by atoms with Gasteiger partial charge in [-0.3, -0.25) is 14.2 Å². The van der Waals surface area contributed by atoms with Crippen molar-refractivity contribution in [2.45, 2.75) is 18.5 Å². The van der Waals surface area contributed by atoms with Crippen molar-refractivity contribution >= 4 is 30.7 Å². The zero-order chi connectivity index (χ0) is 18.6. The topological polar surface area (TPSA) is 178 Å². The molecule has 0 fully saturated rings. The molecule has 2 rings (SSSR count). The van der Waals surface area contributed by atoms with Gasteiger partial charge in [-0.2, -0.15) is 0 Å². The molecular formula is C14H18N3O7P. The van der Waals surface area contributed by atoms with Crippen molar-refractivity contribution in [3.8, 4) is 0 Å². The number of carbonyl (C=O) groups is 2. The predicted octanol–water partition coefficient (Wildman–Crippen LogP) is 0.110. The first-order valence-electron chi connectivity index (χ1n) is 7.19. The summed E-state index contributed by atoms with van der Waals surface area (Å²) in [6.45, 7) is -0.798. The van der Waals surface area contributed by atoms with E-state index in [1.807, 2.05) is 24.3 Å². The monoisotopic (exact) mass is 371 g/mol. The number of aromatic amines is 1. The van der Waals surface area contributed by atoms with Crippen LogP contribution in [0.1, 0.15) is 5.56 Å². The van der Waals surface area contributed by atoms with E-state index < -0.39 is 38.5 Å². The number of carboxylic acid groups (broad SMARTS) is 1. The fraction of sp³-hybridized carbons (Fsp3) is 0.286. The molecule has 10 nitrogen and oxygen atoms in total. The van der Waals surface area contributed by atoms with Crippen LogP contribution in [-0.4, -0.2) is 45.6 Å². The lowest BCUT2D eigenvalue weighted by Gasteiger charge is -2.16. The summed E-state index contributed by atoms with van der Waals surface area (Å²) in [6.07, 6.45) is 1.75. The van der Waals surface area contributed by atoms with Crippen molar-refractivity contribution in [2.24, 2.45) is 11.5 Å². The van der Waals surface area contributed by atoms with E-state index in [2.05, 4.69) is 14.0 Å². The van der Waals surface area contributed by atoms with Gasteiger partial charge >= 0.3 is 19.8 Å². The van der Waals surface area contributed by atoms with Crippen molar-refractivity contribution in [3.63, 3.8) is 0 Å². The van der Waals surface area contributed by atoms with Crippen molar-refractivity contribution < 1.29 is 33.2 Å². The number of rotatable bonds is 8. The van der Waals surface area contributed by atoms with E-state index in [-0.39, 0.29) is 6.42 Å². The van der Waals surface area contributed by atoms with Crippen molar-refractivity contribution in [1.82, 2.24) is 4.98 Å². The normalized spacial score (nSPS) is 16.1. The van der Waals surface area contributed by atoms with Crippen LogP contribution in [0.15, 0.2) is 30.5 Å². The zero-order valence-electron chi connectivity index (χ0n) is 13.0. The highest BCUT2D eigenvalue weighted by Gasteiger charge is 2.31. The second kappa shape index (κ2) is 7.77. The summed E-state index contributed by atoms with van der Waals surface area (Å²) in [6, 6.07) is 4.62. The Bertz CT molecular complexity index is 822. The van der Waals surface area contributed by atoms with Gasteiger partial charge in [-0.25, -0.2) is 9.36 Å². The van der Waals surface area contributed by atoms with Gasteiger partial charge in [0.15, 0.2) is 0 Å². The van der Waals surface area contributed by atoms with E-state index in [0.717, 1.165) is 16.5 Å². The molecule has 0 aliphatic heterocycles. The van der Waals surface area contributed by atoms with Gasteiger partial charge in [-0.15, -0.1) is 0 Å². The Morgan fingerprint density at radius 3 is 2.60 bits per heavy atom. The van der Waals surface area contributed by atoms with Crippen LogP contribution in [0.3, 0.4) is 0 Å². The molecule has 0 spiro atoms. The number of phosphoric acid groups is 1. The van der Waals surface area contributed by atoms with E-state index >= 15 is 0 Å². The number of hydrogen-bond donors (Lipinski definition) is 5. The van der Waals surface area contributed by atoms with Gasteiger partial charge in [0.25, 0.3) is 0 Å². The van der Waals surface area contributed by atoms with Gasteiger partial charge < -0.3 is 26.1 Å². The SMILES string of the molecule is N[C@@H](COP(=O)(O)OC(=O)[C@@H](N)Cc1c[nH]c2ccccc12)C(=O)O. The lowest BCUT2D eigenvalue weighted by molar-refractivity contribution is -0.139. The number of hydrogen-bond acceptors (Lipinski definition) is 7.